The summed E-state index contributed by atoms with van der Waals surface area (Å²) in [5.41, 5.74) is 4.53. The van der Waals surface area contributed by atoms with Crippen LogP contribution >= 0.6 is 0 Å². The zero-order valence-electron chi connectivity index (χ0n) is 12.9. The number of aryl methyl sites for hydroxylation is 2. The lowest BCUT2D eigenvalue weighted by Crippen LogP contribution is -2.10. The summed E-state index contributed by atoms with van der Waals surface area (Å²) in [4.78, 5) is 0. The van der Waals surface area contributed by atoms with Gasteiger partial charge in [0.15, 0.2) is 0 Å². The first-order valence-corrected chi connectivity index (χ1v) is 7.03. The molecular weight excluding hydrogens is 250 g/mol. The summed E-state index contributed by atoms with van der Waals surface area (Å²) in [7, 11) is 1.98. The number of nitrogens with one attached hydrogen (secondary N) is 1. The number of rotatable bonds is 5. The maximum Gasteiger partial charge on any atom is 0.142 e. The van der Waals surface area contributed by atoms with Crippen LogP contribution in [-0.4, -0.2) is 16.4 Å². The van der Waals surface area contributed by atoms with Crippen LogP contribution < -0.4 is 10.1 Å². The molecule has 20 heavy (non-hydrogen) atoms. The first-order chi connectivity index (χ1) is 9.54. The highest BCUT2D eigenvalue weighted by atomic mass is 16.5. The zero-order chi connectivity index (χ0) is 14.7. The number of para-hydroxylation sites is 2. The van der Waals surface area contributed by atoms with Gasteiger partial charge in [0.1, 0.15) is 5.75 Å². The van der Waals surface area contributed by atoms with E-state index < -0.39 is 0 Å². The van der Waals surface area contributed by atoms with Crippen LogP contribution in [0.25, 0.3) is 0 Å². The molecule has 0 fully saturated rings. The molecule has 108 valence electrons. The Bertz CT molecular complexity index is 589. The summed E-state index contributed by atoms with van der Waals surface area (Å²) >= 11 is 0. The van der Waals surface area contributed by atoms with Gasteiger partial charge in [-0.1, -0.05) is 12.1 Å². The van der Waals surface area contributed by atoms with Gasteiger partial charge in [-0.2, -0.15) is 5.10 Å². The van der Waals surface area contributed by atoms with E-state index in [2.05, 4.69) is 31.2 Å². The second-order valence-corrected chi connectivity index (χ2v) is 5.00. The van der Waals surface area contributed by atoms with E-state index in [1.165, 1.54) is 11.3 Å². The third kappa shape index (κ3) is 2.79. The first kappa shape index (κ1) is 14.4. The SMILES string of the molecule is CCOc1ccccc1NC(C)c1c(C)nn(C)c1C. The summed E-state index contributed by atoms with van der Waals surface area (Å²) in [5.74, 6) is 0.890. The molecule has 0 saturated heterocycles. The van der Waals surface area contributed by atoms with Crippen molar-refractivity contribution in [2.45, 2.75) is 33.7 Å². The van der Waals surface area contributed by atoms with Gasteiger partial charge in [0.2, 0.25) is 0 Å². The first-order valence-electron chi connectivity index (χ1n) is 7.03. The van der Waals surface area contributed by atoms with E-state index in [0.29, 0.717) is 6.61 Å². The van der Waals surface area contributed by atoms with Crippen molar-refractivity contribution in [3.05, 3.63) is 41.2 Å². The number of ether oxygens (including phenoxy) is 1. The smallest absolute Gasteiger partial charge is 0.142 e. The Hall–Kier alpha value is -1.97. The largest absolute Gasteiger partial charge is 0.492 e. The Morgan fingerprint density at radius 2 is 2.00 bits per heavy atom. The van der Waals surface area contributed by atoms with Crippen molar-refractivity contribution in [1.82, 2.24) is 9.78 Å². The predicted molar refractivity (Wildman–Crippen MR) is 82.3 cm³/mol. The molecule has 2 rings (SSSR count). The van der Waals surface area contributed by atoms with Crippen molar-refractivity contribution in [2.75, 3.05) is 11.9 Å². The van der Waals surface area contributed by atoms with Crippen molar-refractivity contribution < 1.29 is 4.74 Å². The monoisotopic (exact) mass is 273 g/mol. The predicted octanol–water partition coefficient (Wildman–Crippen LogP) is 3.61. The topological polar surface area (TPSA) is 39.1 Å². The number of hydrogen-bond acceptors (Lipinski definition) is 3. The molecule has 0 aliphatic carbocycles. The van der Waals surface area contributed by atoms with Crippen molar-refractivity contribution in [2.24, 2.45) is 7.05 Å². The van der Waals surface area contributed by atoms with Gasteiger partial charge in [-0.05, 0) is 39.8 Å². The number of benzene rings is 1. The summed E-state index contributed by atoms with van der Waals surface area (Å²) in [6, 6.07) is 8.22. The number of aromatic nitrogens is 2. The minimum atomic E-state index is 0.185. The Morgan fingerprint density at radius 1 is 1.30 bits per heavy atom. The summed E-state index contributed by atoms with van der Waals surface area (Å²) in [5, 5.41) is 8.01. The van der Waals surface area contributed by atoms with Crippen LogP contribution in [0, 0.1) is 13.8 Å². The molecule has 0 aliphatic heterocycles. The minimum Gasteiger partial charge on any atom is -0.492 e. The molecule has 4 heteroatoms. The van der Waals surface area contributed by atoms with Gasteiger partial charge in [-0.25, -0.2) is 0 Å². The van der Waals surface area contributed by atoms with Gasteiger partial charge in [0.25, 0.3) is 0 Å². The summed E-state index contributed by atoms with van der Waals surface area (Å²) in [6.07, 6.45) is 0. The minimum absolute atomic E-state index is 0.185. The maximum absolute atomic E-state index is 5.66. The molecule has 0 spiro atoms. The standard InChI is InChI=1S/C16H23N3O/c1-6-20-15-10-8-7-9-14(15)17-11(2)16-12(3)18-19(5)13(16)4/h7-11,17H,6H2,1-5H3. The van der Waals surface area contributed by atoms with Crippen LogP contribution in [0.1, 0.15) is 36.8 Å². The third-order valence-corrected chi connectivity index (χ3v) is 3.56. The van der Waals surface area contributed by atoms with Crippen LogP contribution in [0.5, 0.6) is 5.75 Å². The van der Waals surface area contributed by atoms with Gasteiger partial charge in [-0.3, -0.25) is 4.68 Å². The van der Waals surface area contributed by atoms with Crippen molar-refractivity contribution >= 4 is 5.69 Å². The van der Waals surface area contributed by atoms with E-state index in [4.69, 9.17) is 4.74 Å². The highest BCUT2D eigenvalue weighted by Crippen LogP contribution is 2.30. The van der Waals surface area contributed by atoms with E-state index >= 15 is 0 Å². The van der Waals surface area contributed by atoms with Crippen molar-refractivity contribution in [3.63, 3.8) is 0 Å². The average molecular weight is 273 g/mol. The number of nitrogens with zero attached hydrogens (tertiary/aromatic N) is 2. The lowest BCUT2D eigenvalue weighted by atomic mass is 10.1. The lowest BCUT2D eigenvalue weighted by Gasteiger charge is -2.18. The van der Waals surface area contributed by atoms with Gasteiger partial charge in [0.05, 0.1) is 24.0 Å². The Labute approximate surface area is 120 Å². The van der Waals surface area contributed by atoms with Gasteiger partial charge >= 0.3 is 0 Å². The van der Waals surface area contributed by atoms with Crippen molar-refractivity contribution in [3.8, 4) is 5.75 Å². The fraction of sp³-hybridized carbons (Fsp3) is 0.438. The molecule has 1 unspecified atom stereocenters. The number of hydrogen-bond donors (Lipinski definition) is 1. The molecule has 0 amide bonds. The molecule has 0 aliphatic rings. The van der Waals surface area contributed by atoms with Gasteiger partial charge in [-0.15, -0.1) is 0 Å². The fourth-order valence-corrected chi connectivity index (χ4v) is 2.59. The molecule has 2 aromatic rings. The second kappa shape index (κ2) is 5.99. The molecule has 1 heterocycles. The summed E-state index contributed by atoms with van der Waals surface area (Å²) < 4.78 is 7.58. The fourth-order valence-electron chi connectivity index (χ4n) is 2.59. The van der Waals surface area contributed by atoms with E-state index in [0.717, 1.165) is 17.1 Å². The highest BCUT2D eigenvalue weighted by Gasteiger charge is 2.17. The average Bonchev–Trinajstić information content (AvgIpc) is 2.66. The molecule has 4 nitrogen and oxygen atoms in total. The Kier molecular flexibility index (Phi) is 4.32. The third-order valence-electron chi connectivity index (χ3n) is 3.56. The quantitative estimate of drug-likeness (QED) is 0.904. The second-order valence-electron chi connectivity index (χ2n) is 5.00. The number of anilines is 1. The molecule has 0 saturated carbocycles. The maximum atomic E-state index is 5.66. The molecule has 1 N–H and O–H groups in total. The summed E-state index contributed by atoms with van der Waals surface area (Å²) in [6.45, 7) is 8.96. The van der Waals surface area contributed by atoms with Crippen LogP contribution in [0.2, 0.25) is 0 Å². The van der Waals surface area contributed by atoms with Gasteiger partial charge < -0.3 is 10.1 Å². The van der Waals surface area contributed by atoms with Crippen LogP contribution in [0.3, 0.4) is 0 Å². The van der Waals surface area contributed by atoms with Crippen LogP contribution in [0.15, 0.2) is 24.3 Å². The molecule has 0 radical (unpaired) electrons. The molecular formula is C16H23N3O. The van der Waals surface area contributed by atoms with Crippen LogP contribution in [0.4, 0.5) is 5.69 Å². The van der Waals surface area contributed by atoms with Crippen LogP contribution in [-0.2, 0) is 7.05 Å². The molecule has 0 bridgehead atoms. The van der Waals surface area contributed by atoms with Crippen molar-refractivity contribution in [1.29, 1.82) is 0 Å². The Morgan fingerprint density at radius 3 is 2.60 bits per heavy atom. The molecule has 1 atom stereocenters. The molecule has 1 aromatic carbocycles. The van der Waals surface area contributed by atoms with E-state index in [9.17, 15) is 0 Å². The Balaban J connectivity index is 2.25. The zero-order valence-corrected chi connectivity index (χ0v) is 12.9. The highest BCUT2D eigenvalue weighted by molar-refractivity contribution is 5.57. The van der Waals surface area contributed by atoms with E-state index in [1.54, 1.807) is 0 Å². The van der Waals surface area contributed by atoms with E-state index in [-0.39, 0.29) is 6.04 Å². The normalized spacial score (nSPS) is 12.2. The molecule has 1 aromatic heterocycles. The van der Waals surface area contributed by atoms with Gasteiger partial charge in [0, 0.05) is 18.3 Å². The van der Waals surface area contributed by atoms with E-state index in [1.807, 2.05) is 42.9 Å². The lowest BCUT2D eigenvalue weighted by molar-refractivity contribution is 0.341.